The number of rotatable bonds is 1. The summed E-state index contributed by atoms with van der Waals surface area (Å²) in [6.07, 6.45) is 1.32. The van der Waals surface area contributed by atoms with Gasteiger partial charge in [-0.3, -0.25) is 0 Å². The summed E-state index contributed by atoms with van der Waals surface area (Å²) in [5.41, 5.74) is 5.83. The standard InChI is InChI=1S/C12H18N2O2S/c1-12(2,3)16-11(15)14-17(4)10-7-5-6-9(13)8-10/h5-8H,13H2,1-4H3. The van der Waals surface area contributed by atoms with Crippen LogP contribution in [0.3, 0.4) is 0 Å². The van der Waals surface area contributed by atoms with Gasteiger partial charge in [0.2, 0.25) is 0 Å². The van der Waals surface area contributed by atoms with Crippen LogP contribution in [0.1, 0.15) is 20.8 Å². The molecular formula is C12H18N2O2S. The number of nitrogens with two attached hydrogens (primary N) is 1. The summed E-state index contributed by atoms with van der Waals surface area (Å²) in [4.78, 5) is 12.4. The van der Waals surface area contributed by atoms with Gasteiger partial charge in [0.25, 0.3) is 0 Å². The summed E-state index contributed by atoms with van der Waals surface area (Å²) in [6.45, 7) is 5.44. The molecule has 0 aliphatic heterocycles. The van der Waals surface area contributed by atoms with Gasteiger partial charge in [-0.15, -0.1) is 4.36 Å². The van der Waals surface area contributed by atoms with Crippen LogP contribution in [-0.2, 0) is 15.4 Å². The van der Waals surface area contributed by atoms with Crippen LogP contribution in [-0.4, -0.2) is 18.0 Å². The molecule has 0 aliphatic rings. The molecule has 0 bridgehead atoms. The molecule has 0 saturated carbocycles. The molecule has 2 N–H and O–H groups in total. The molecule has 0 spiro atoms. The Kier molecular flexibility index (Phi) is 4.28. The smallest absolute Gasteiger partial charge is 0.440 e. The SMILES string of the molecule is CS(=NC(=O)OC(C)(C)C)c1cccc(N)c1. The molecule has 4 nitrogen and oxygen atoms in total. The van der Waals surface area contributed by atoms with E-state index in [2.05, 4.69) is 4.36 Å². The van der Waals surface area contributed by atoms with E-state index >= 15 is 0 Å². The molecule has 0 fully saturated rings. The van der Waals surface area contributed by atoms with E-state index in [0.29, 0.717) is 5.69 Å². The number of ether oxygens (including phenoxy) is 1. The largest absolute Gasteiger partial charge is 0.442 e. The number of hydrogen-bond acceptors (Lipinski definition) is 3. The summed E-state index contributed by atoms with van der Waals surface area (Å²) >= 11 is 0. The van der Waals surface area contributed by atoms with Crippen LogP contribution in [0.15, 0.2) is 33.5 Å². The highest BCUT2D eigenvalue weighted by Crippen LogP contribution is 2.13. The highest BCUT2D eigenvalue weighted by molar-refractivity contribution is 7.86. The third-order valence-corrected chi connectivity index (χ3v) is 3.16. The first-order valence-electron chi connectivity index (χ1n) is 5.24. The Labute approximate surface area is 104 Å². The van der Waals surface area contributed by atoms with Crippen LogP contribution < -0.4 is 5.73 Å². The number of nitrogens with zero attached hydrogens (tertiary/aromatic N) is 1. The van der Waals surface area contributed by atoms with E-state index in [-0.39, 0.29) is 0 Å². The summed E-state index contributed by atoms with van der Waals surface area (Å²) in [7, 11) is -0.538. The minimum atomic E-state index is -0.538. The number of hydrogen-bond donors (Lipinski definition) is 1. The number of amides is 1. The van der Waals surface area contributed by atoms with Crippen LogP contribution in [0.4, 0.5) is 10.5 Å². The average molecular weight is 254 g/mol. The summed E-state index contributed by atoms with van der Waals surface area (Å²) < 4.78 is 9.11. The Morgan fingerprint density at radius 3 is 2.59 bits per heavy atom. The van der Waals surface area contributed by atoms with Crippen molar-refractivity contribution in [3.63, 3.8) is 0 Å². The normalized spacial score (nSPS) is 13.4. The van der Waals surface area contributed by atoms with E-state index in [1.54, 1.807) is 6.07 Å². The molecule has 1 unspecified atom stereocenters. The highest BCUT2D eigenvalue weighted by atomic mass is 32.2. The summed E-state index contributed by atoms with van der Waals surface area (Å²) in [6, 6.07) is 7.36. The molecule has 0 saturated heterocycles. The lowest BCUT2D eigenvalue weighted by atomic mass is 10.2. The van der Waals surface area contributed by atoms with Gasteiger partial charge in [0.1, 0.15) is 5.60 Å². The van der Waals surface area contributed by atoms with E-state index in [1.807, 2.05) is 45.2 Å². The van der Waals surface area contributed by atoms with Crippen LogP contribution in [0, 0.1) is 0 Å². The lowest BCUT2D eigenvalue weighted by molar-refractivity contribution is 0.0608. The quantitative estimate of drug-likeness (QED) is 0.783. The maximum atomic E-state index is 11.5. The van der Waals surface area contributed by atoms with Crippen molar-refractivity contribution in [1.82, 2.24) is 0 Å². The molecule has 1 amide bonds. The number of carbonyl (C=O) groups is 1. The van der Waals surface area contributed by atoms with Crippen molar-refractivity contribution in [1.29, 1.82) is 0 Å². The lowest BCUT2D eigenvalue weighted by Crippen LogP contribution is -2.22. The van der Waals surface area contributed by atoms with Crippen molar-refractivity contribution in [2.75, 3.05) is 12.0 Å². The zero-order valence-electron chi connectivity index (χ0n) is 10.6. The van der Waals surface area contributed by atoms with Gasteiger partial charge in [-0.1, -0.05) is 16.8 Å². The van der Waals surface area contributed by atoms with E-state index in [1.165, 1.54) is 0 Å². The molecule has 1 atom stereocenters. The predicted molar refractivity (Wildman–Crippen MR) is 71.1 cm³/mol. The van der Waals surface area contributed by atoms with E-state index in [4.69, 9.17) is 10.5 Å². The van der Waals surface area contributed by atoms with Gasteiger partial charge in [0.15, 0.2) is 0 Å². The molecule has 1 aromatic rings. The second-order valence-electron chi connectivity index (χ2n) is 4.62. The molecule has 1 rings (SSSR count). The first-order chi connectivity index (χ1) is 7.78. The van der Waals surface area contributed by atoms with E-state index in [9.17, 15) is 4.79 Å². The molecule has 0 aliphatic carbocycles. The molecule has 0 radical (unpaired) electrons. The molecule has 94 valence electrons. The fourth-order valence-electron chi connectivity index (χ4n) is 1.14. The Hall–Kier alpha value is -1.36. The molecule has 5 heteroatoms. The van der Waals surface area contributed by atoms with Gasteiger partial charge >= 0.3 is 6.09 Å². The number of carbonyl (C=O) groups excluding carboxylic acids is 1. The van der Waals surface area contributed by atoms with Gasteiger partial charge in [-0.05, 0) is 45.2 Å². The molecule has 0 heterocycles. The second-order valence-corrected chi connectivity index (χ2v) is 6.23. The average Bonchev–Trinajstić information content (AvgIpc) is 2.14. The van der Waals surface area contributed by atoms with Gasteiger partial charge in [0.05, 0.1) is 0 Å². The summed E-state index contributed by atoms with van der Waals surface area (Å²) in [5, 5.41) is 0. The minimum absolute atomic E-state index is 0.513. The monoisotopic (exact) mass is 254 g/mol. The van der Waals surface area contributed by atoms with Crippen LogP contribution in [0.25, 0.3) is 0 Å². The van der Waals surface area contributed by atoms with Gasteiger partial charge in [-0.2, -0.15) is 0 Å². The maximum Gasteiger partial charge on any atom is 0.440 e. The van der Waals surface area contributed by atoms with E-state index in [0.717, 1.165) is 4.90 Å². The van der Waals surface area contributed by atoms with Crippen molar-refractivity contribution in [2.45, 2.75) is 31.3 Å². The number of anilines is 1. The number of benzene rings is 1. The van der Waals surface area contributed by atoms with Crippen molar-refractivity contribution in [3.05, 3.63) is 24.3 Å². The lowest BCUT2D eigenvalue weighted by Gasteiger charge is -2.17. The first kappa shape index (κ1) is 13.7. The van der Waals surface area contributed by atoms with Gasteiger partial charge in [0, 0.05) is 10.6 Å². The molecule has 0 aromatic heterocycles. The first-order valence-corrected chi connectivity index (χ1v) is 6.83. The second kappa shape index (κ2) is 5.31. The van der Waals surface area contributed by atoms with Crippen LogP contribution in [0.5, 0.6) is 0 Å². The zero-order valence-corrected chi connectivity index (χ0v) is 11.4. The molecule has 17 heavy (non-hydrogen) atoms. The predicted octanol–water partition coefficient (Wildman–Crippen LogP) is 2.99. The summed E-state index contributed by atoms with van der Waals surface area (Å²) in [5.74, 6) is 0. The van der Waals surface area contributed by atoms with Crippen LogP contribution in [0.2, 0.25) is 0 Å². The Bertz CT molecular complexity index is 450. The Morgan fingerprint density at radius 1 is 1.41 bits per heavy atom. The molecule has 1 aromatic carbocycles. The zero-order chi connectivity index (χ0) is 13.1. The fraction of sp³-hybridized carbons (Fsp3) is 0.417. The minimum Gasteiger partial charge on any atom is -0.442 e. The van der Waals surface area contributed by atoms with Crippen molar-refractivity contribution < 1.29 is 9.53 Å². The number of nitrogen functional groups attached to an aromatic ring is 1. The van der Waals surface area contributed by atoms with Crippen molar-refractivity contribution >= 4 is 22.5 Å². The topological polar surface area (TPSA) is 64.7 Å². The highest BCUT2D eigenvalue weighted by Gasteiger charge is 2.15. The molecular weight excluding hydrogens is 236 g/mol. The third-order valence-electron chi connectivity index (χ3n) is 1.80. The fourth-order valence-corrected chi connectivity index (χ4v) is 2.09. The van der Waals surface area contributed by atoms with Crippen molar-refractivity contribution in [2.24, 2.45) is 4.36 Å². The Balaban J connectivity index is 2.83. The third kappa shape index (κ3) is 4.99. The van der Waals surface area contributed by atoms with Crippen LogP contribution >= 0.6 is 0 Å². The maximum absolute atomic E-state index is 11.5. The Morgan fingerprint density at radius 2 is 2.06 bits per heavy atom. The van der Waals surface area contributed by atoms with Gasteiger partial charge in [-0.25, -0.2) is 4.79 Å². The van der Waals surface area contributed by atoms with E-state index < -0.39 is 22.4 Å². The van der Waals surface area contributed by atoms with Crippen molar-refractivity contribution in [3.8, 4) is 0 Å². The van der Waals surface area contributed by atoms with Gasteiger partial charge < -0.3 is 10.5 Å².